The molecule has 0 radical (unpaired) electrons. The molecule has 2 aromatic rings. The van der Waals surface area contributed by atoms with Crippen LogP contribution in [0.2, 0.25) is 5.02 Å². The third-order valence-corrected chi connectivity index (χ3v) is 5.97. The van der Waals surface area contributed by atoms with Gasteiger partial charge in [-0.1, -0.05) is 23.7 Å². The summed E-state index contributed by atoms with van der Waals surface area (Å²) >= 11 is 6.04. The van der Waals surface area contributed by atoms with Crippen molar-refractivity contribution in [3.8, 4) is 5.75 Å². The molecule has 1 unspecified atom stereocenters. The monoisotopic (exact) mass is 476 g/mol. The van der Waals surface area contributed by atoms with Gasteiger partial charge in [-0.3, -0.25) is 14.4 Å². The average molecular weight is 477 g/mol. The number of rotatable bonds is 7. The van der Waals surface area contributed by atoms with E-state index in [4.69, 9.17) is 21.1 Å². The number of methoxy groups -OCH3 is 2. The quantitative estimate of drug-likeness (QED) is 0.615. The fourth-order valence-corrected chi connectivity index (χ4v) is 4.02. The van der Waals surface area contributed by atoms with Crippen molar-refractivity contribution < 1.29 is 28.2 Å². The molecule has 0 spiro atoms. The maximum absolute atomic E-state index is 13.3. The number of ether oxygens (including phenoxy) is 2. The summed E-state index contributed by atoms with van der Waals surface area (Å²) < 4.78 is 23.3. The van der Waals surface area contributed by atoms with E-state index in [0.717, 1.165) is 0 Å². The molecular weight excluding hydrogens is 451 g/mol. The van der Waals surface area contributed by atoms with Gasteiger partial charge in [0, 0.05) is 24.0 Å². The fourth-order valence-electron chi connectivity index (χ4n) is 3.85. The minimum absolute atomic E-state index is 0.0697. The summed E-state index contributed by atoms with van der Waals surface area (Å²) in [7, 11) is 2.76. The predicted octanol–water partition coefficient (Wildman–Crippen LogP) is 3.76. The molecule has 1 aliphatic heterocycles. The Morgan fingerprint density at radius 2 is 1.79 bits per heavy atom. The molecule has 176 valence electrons. The molecule has 3 rings (SSSR count). The second-order valence-electron chi connectivity index (χ2n) is 7.80. The lowest BCUT2D eigenvalue weighted by molar-refractivity contribution is -0.141. The Hall–Kier alpha value is -3.13. The number of hydrogen-bond donors (Lipinski definition) is 1. The number of carbonyl (C=O) groups is 3. The molecule has 1 heterocycles. The van der Waals surface area contributed by atoms with E-state index >= 15 is 0 Å². The number of amides is 2. The molecule has 2 amide bonds. The minimum atomic E-state index is -0.638. The van der Waals surface area contributed by atoms with Gasteiger partial charge in [0.1, 0.15) is 11.6 Å². The maximum atomic E-state index is 13.3. The maximum Gasteiger partial charge on any atom is 0.307 e. The smallest absolute Gasteiger partial charge is 0.307 e. The summed E-state index contributed by atoms with van der Waals surface area (Å²) in [5.74, 6) is -1.20. The molecule has 9 heteroatoms. The first-order valence-corrected chi connectivity index (χ1v) is 11.0. The fraction of sp³-hybridized carbons (Fsp3) is 0.375. The Morgan fingerprint density at radius 1 is 1.12 bits per heavy atom. The third-order valence-electron chi connectivity index (χ3n) is 5.73. The summed E-state index contributed by atoms with van der Waals surface area (Å²) in [6.07, 6.45) is 0.864. The van der Waals surface area contributed by atoms with Gasteiger partial charge < -0.3 is 19.7 Å². The van der Waals surface area contributed by atoms with Crippen LogP contribution in [0, 0.1) is 11.7 Å². The largest absolute Gasteiger partial charge is 0.496 e. The highest BCUT2D eigenvalue weighted by atomic mass is 35.5. The van der Waals surface area contributed by atoms with Crippen LogP contribution in [0.1, 0.15) is 41.2 Å². The number of carbonyl (C=O) groups excluding carboxylic acids is 3. The number of benzene rings is 2. The molecule has 0 saturated carbocycles. The molecule has 1 N–H and O–H groups in total. The number of nitrogens with one attached hydrogen (secondary N) is 1. The van der Waals surface area contributed by atoms with Gasteiger partial charge in [-0.25, -0.2) is 4.39 Å². The van der Waals surface area contributed by atoms with E-state index < -0.39 is 17.8 Å². The van der Waals surface area contributed by atoms with Crippen LogP contribution in [0.25, 0.3) is 0 Å². The highest BCUT2D eigenvalue weighted by Gasteiger charge is 2.30. The SMILES string of the molecule is COC(=O)CC(NC(=O)C1CCN(C(=O)c2cc(Cl)ccc2OC)CC1)c1ccc(F)cc1. The molecule has 0 aliphatic carbocycles. The van der Waals surface area contributed by atoms with Gasteiger partial charge in [-0.15, -0.1) is 0 Å². The van der Waals surface area contributed by atoms with E-state index in [2.05, 4.69) is 5.32 Å². The zero-order valence-corrected chi connectivity index (χ0v) is 19.2. The first-order chi connectivity index (χ1) is 15.8. The zero-order valence-electron chi connectivity index (χ0n) is 18.5. The van der Waals surface area contributed by atoms with E-state index in [1.54, 1.807) is 23.1 Å². The van der Waals surface area contributed by atoms with Gasteiger partial charge in [0.05, 0.1) is 32.2 Å². The van der Waals surface area contributed by atoms with Crippen LogP contribution in [0.4, 0.5) is 4.39 Å². The summed E-state index contributed by atoms with van der Waals surface area (Å²) in [4.78, 5) is 39.4. The number of likely N-dealkylation sites (tertiary alicyclic amines) is 1. The van der Waals surface area contributed by atoms with Crippen molar-refractivity contribution in [1.29, 1.82) is 0 Å². The van der Waals surface area contributed by atoms with Gasteiger partial charge in [0.15, 0.2) is 0 Å². The van der Waals surface area contributed by atoms with Crippen LogP contribution in [0.5, 0.6) is 5.75 Å². The standard InChI is InChI=1S/C24H26ClFN2O5/c1-32-21-8-5-17(25)13-19(21)24(31)28-11-9-16(10-12-28)23(30)27-20(14-22(29)33-2)15-3-6-18(26)7-4-15/h3-8,13,16,20H,9-12,14H2,1-2H3,(H,27,30). The molecule has 1 saturated heterocycles. The number of esters is 1. The van der Waals surface area contributed by atoms with E-state index in [1.165, 1.54) is 38.5 Å². The minimum Gasteiger partial charge on any atom is -0.496 e. The van der Waals surface area contributed by atoms with Crippen molar-refractivity contribution in [2.24, 2.45) is 5.92 Å². The average Bonchev–Trinajstić information content (AvgIpc) is 2.83. The Kier molecular flexibility index (Phi) is 8.27. The van der Waals surface area contributed by atoms with Gasteiger partial charge in [-0.2, -0.15) is 0 Å². The lowest BCUT2D eigenvalue weighted by atomic mass is 9.94. The summed E-state index contributed by atoms with van der Waals surface area (Å²) in [5, 5.41) is 3.32. The van der Waals surface area contributed by atoms with Gasteiger partial charge >= 0.3 is 5.97 Å². The molecule has 1 fully saturated rings. The Labute approximate surface area is 196 Å². The third kappa shape index (κ3) is 6.22. The summed E-state index contributed by atoms with van der Waals surface area (Å²) in [6.45, 7) is 0.787. The van der Waals surface area contributed by atoms with Crippen LogP contribution < -0.4 is 10.1 Å². The molecule has 2 aromatic carbocycles. The van der Waals surface area contributed by atoms with Crippen molar-refractivity contribution in [1.82, 2.24) is 10.2 Å². The Morgan fingerprint density at radius 3 is 2.39 bits per heavy atom. The topological polar surface area (TPSA) is 84.9 Å². The second kappa shape index (κ2) is 11.1. The van der Waals surface area contributed by atoms with Gasteiger partial charge in [0.2, 0.25) is 5.91 Å². The Bertz CT molecular complexity index is 1010. The van der Waals surface area contributed by atoms with Crippen molar-refractivity contribution in [2.45, 2.75) is 25.3 Å². The summed E-state index contributed by atoms with van der Waals surface area (Å²) in [6, 6.07) is 9.85. The van der Waals surface area contributed by atoms with E-state index in [9.17, 15) is 18.8 Å². The second-order valence-corrected chi connectivity index (χ2v) is 8.24. The molecular formula is C24H26ClFN2O5. The van der Waals surface area contributed by atoms with Crippen molar-refractivity contribution in [3.05, 3.63) is 64.4 Å². The van der Waals surface area contributed by atoms with Crippen LogP contribution >= 0.6 is 11.6 Å². The lowest BCUT2D eigenvalue weighted by Crippen LogP contribution is -2.44. The van der Waals surface area contributed by atoms with Crippen molar-refractivity contribution >= 4 is 29.4 Å². The van der Waals surface area contributed by atoms with Gasteiger partial charge in [0.25, 0.3) is 5.91 Å². The number of piperidine rings is 1. The summed E-state index contributed by atoms with van der Waals surface area (Å²) in [5.41, 5.74) is 0.984. The Balaban J connectivity index is 1.64. The molecule has 1 aliphatic rings. The van der Waals surface area contributed by atoms with Crippen molar-refractivity contribution in [3.63, 3.8) is 0 Å². The van der Waals surface area contributed by atoms with E-state index in [-0.39, 0.29) is 24.2 Å². The van der Waals surface area contributed by atoms with Crippen LogP contribution in [-0.4, -0.2) is 50.0 Å². The molecule has 0 bridgehead atoms. The van der Waals surface area contributed by atoms with Crippen LogP contribution in [0.15, 0.2) is 42.5 Å². The van der Waals surface area contributed by atoms with Crippen molar-refractivity contribution in [2.75, 3.05) is 27.3 Å². The zero-order chi connectivity index (χ0) is 24.0. The highest BCUT2D eigenvalue weighted by molar-refractivity contribution is 6.31. The number of nitrogens with zero attached hydrogens (tertiary/aromatic N) is 1. The molecule has 33 heavy (non-hydrogen) atoms. The van der Waals surface area contributed by atoms with E-state index in [0.29, 0.717) is 47.8 Å². The lowest BCUT2D eigenvalue weighted by Gasteiger charge is -2.32. The van der Waals surface area contributed by atoms with Crippen LogP contribution in [0.3, 0.4) is 0 Å². The molecule has 1 atom stereocenters. The first-order valence-electron chi connectivity index (χ1n) is 10.6. The number of halogens is 2. The molecule has 7 nitrogen and oxygen atoms in total. The van der Waals surface area contributed by atoms with E-state index in [1.807, 2.05) is 0 Å². The highest BCUT2D eigenvalue weighted by Crippen LogP contribution is 2.27. The number of hydrogen-bond acceptors (Lipinski definition) is 5. The van der Waals surface area contributed by atoms with Crippen LogP contribution in [-0.2, 0) is 14.3 Å². The predicted molar refractivity (Wildman–Crippen MR) is 121 cm³/mol. The normalized spacial score (nSPS) is 15.0. The van der Waals surface area contributed by atoms with Gasteiger partial charge in [-0.05, 0) is 48.7 Å². The first kappa shape index (κ1) is 24.5. The molecule has 0 aromatic heterocycles.